The summed E-state index contributed by atoms with van der Waals surface area (Å²) in [5.41, 5.74) is 2.25. The van der Waals surface area contributed by atoms with Crippen molar-refractivity contribution in [3.63, 3.8) is 0 Å². The molecule has 5 heteroatoms. The average molecular weight is 249 g/mol. The Balaban J connectivity index is 2.30. The van der Waals surface area contributed by atoms with Gasteiger partial charge in [0.15, 0.2) is 6.29 Å². The van der Waals surface area contributed by atoms with Crippen molar-refractivity contribution in [2.45, 2.75) is 19.6 Å². The molecule has 1 N–H and O–H groups in total. The van der Waals surface area contributed by atoms with E-state index in [1.54, 1.807) is 6.07 Å². The van der Waals surface area contributed by atoms with Crippen molar-refractivity contribution >= 4 is 17.9 Å². The van der Waals surface area contributed by atoms with Gasteiger partial charge in [-0.15, -0.1) is 0 Å². The van der Waals surface area contributed by atoms with E-state index in [1.165, 1.54) is 6.92 Å². The lowest BCUT2D eigenvalue weighted by molar-refractivity contribution is -0.114. The first-order valence-electron chi connectivity index (χ1n) is 5.78. The number of amides is 1. The monoisotopic (exact) mass is 249 g/mol. The molecular formula is C13H15NO4. The van der Waals surface area contributed by atoms with Gasteiger partial charge in [0.2, 0.25) is 5.91 Å². The number of aldehydes is 1. The minimum Gasteiger partial charge on any atom is -0.346 e. The number of rotatable bonds is 4. The zero-order valence-corrected chi connectivity index (χ0v) is 10.1. The van der Waals surface area contributed by atoms with Gasteiger partial charge in [0, 0.05) is 24.6 Å². The number of hydrogen-bond donors (Lipinski definition) is 1. The zero-order valence-electron chi connectivity index (χ0n) is 10.1. The van der Waals surface area contributed by atoms with Crippen molar-refractivity contribution in [2.24, 2.45) is 0 Å². The van der Waals surface area contributed by atoms with Crippen LogP contribution in [0.25, 0.3) is 0 Å². The van der Waals surface area contributed by atoms with Gasteiger partial charge in [-0.2, -0.15) is 0 Å². The molecule has 2 rings (SSSR count). The number of benzene rings is 1. The van der Waals surface area contributed by atoms with Crippen LogP contribution >= 0.6 is 0 Å². The molecule has 1 aliphatic rings. The van der Waals surface area contributed by atoms with Gasteiger partial charge in [-0.1, -0.05) is 12.1 Å². The quantitative estimate of drug-likeness (QED) is 0.820. The van der Waals surface area contributed by atoms with Gasteiger partial charge in [-0.05, 0) is 11.6 Å². The summed E-state index contributed by atoms with van der Waals surface area (Å²) >= 11 is 0. The fourth-order valence-corrected chi connectivity index (χ4v) is 1.87. The Morgan fingerprint density at radius 3 is 2.78 bits per heavy atom. The summed E-state index contributed by atoms with van der Waals surface area (Å²) in [7, 11) is 0. The fourth-order valence-electron chi connectivity index (χ4n) is 1.87. The highest BCUT2D eigenvalue weighted by molar-refractivity contribution is 5.89. The highest BCUT2D eigenvalue weighted by Gasteiger charge is 2.21. The first-order chi connectivity index (χ1) is 8.70. The fraction of sp³-hybridized carbons (Fsp3) is 0.385. The summed E-state index contributed by atoms with van der Waals surface area (Å²) < 4.78 is 10.8. The molecule has 1 aromatic carbocycles. The predicted molar refractivity (Wildman–Crippen MR) is 65.2 cm³/mol. The van der Waals surface area contributed by atoms with Crippen molar-refractivity contribution in [3.05, 3.63) is 29.3 Å². The van der Waals surface area contributed by atoms with E-state index < -0.39 is 6.29 Å². The molecule has 5 nitrogen and oxygen atoms in total. The maximum atomic E-state index is 11.2. The second-order valence-electron chi connectivity index (χ2n) is 4.05. The molecule has 0 aliphatic carbocycles. The second kappa shape index (κ2) is 5.75. The molecule has 0 saturated carbocycles. The highest BCUT2D eigenvalue weighted by atomic mass is 16.7. The lowest BCUT2D eigenvalue weighted by atomic mass is 10.1. The Kier molecular flexibility index (Phi) is 4.07. The summed E-state index contributed by atoms with van der Waals surface area (Å²) in [5.74, 6) is -0.169. The minimum absolute atomic E-state index is 0.169. The molecule has 0 unspecified atom stereocenters. The molecule has 1 fully saturated rings. The van der Waals surface area contributed by atoms with Crippen LogP contribution in [0.3, 0.4) is 0 Å². The summed E-state index contributed by atoms with van der Waals surface area (Å²) in [5, 5.41) is 2.73. The molecule has 96 valence electrons. The van der Waals surface area contributed by atoms with E-state index in [0.717, 1.165) is 17.4 Å². The SMILES string of the molecule is CC(=O)Nc1cc(CC=O)ccc1C1OCCO1. The van der Waals surface area contributed by atoms with Crippen molar-refractivity contribution in [1.82, 2.24) is 0 Å². The van der Waals surface area contributed by atoms with Crippen LogP contribution in [-0.2, 0) is 25.5 Å². The van der Waals surface area contributed by atoms with Gasteiger partial charge < -0.3 is 19.6 Å². The zero-order chi connectivity index (χ0) is 13.0. The highest BCUT2D eigenvalue weighted by Crippen LogP contribution is 2.30. The molecule has 1 saturated heterocycles. The standard InChI is InChI=1S/C13H15NO4/c1-9(16)14-12-8-10(4-5-15)2-3-11(12)13-17-6-7-18-13/h2-3,5,8,13H,4,6-7H2,1H3,(H,14,16). The van der Waals surface area contributed by atoms with Crippen LogP contribution in [0, 0.1) is 0 Å². The molecule has 1 aromatic rings. The summed E-state index contributed by atoms with van der Waals surface area (Å²) in [4.78, 5) is 21.7. The van der Waals surface area contributed by atoms with Gasteiger partial charge in [0.05, 0.1) is 13.2 Å². The van der Waals surface area contributed by atoms with Gasteiger partial charge in [0.25, 0.3) is 0 Å². The first kappa shape index (κ1) is 12.7. The molecule has 0 radical (unpaired) electrons. The van der Waals surface area contributed by atoms with Crippen LogP contribution in [0.1, 0.15) is 24.3 Å². The first-order valence-corrected chi connectivity index (χ1v) is 5.78. The van der Waals surface area contributed by atoms with Crippen LogP contribution in [0.15, 0.2) is 18.2 Å². The van der Waals surface area contributed by atoms with E-state index in [9.17, 15) is 9.59 Å². The lowest BCUT2D eigenvalue weighted by Gasteiger charge is -2.15. The van der Waals surface area contributed by atoms with Crippen LogP contribution in [0.4, 0.5) is 5.69 Å². The molecule has 0 bridgehead atoms. The van der Waals surface area contributed by atoms with Gasteiger partial charge in [-0.25, -0.2) is 0 Å². The normalized spacial score (nSPS) is 15.6. The Morgan fingerprint density at radius 2 is 2.17 bits per heavy atom. The molecule has 0 spiro atoms. The number of hydrogen-bond acceptors (Lipinski definition) is 4. The number of carbonyl (C=O) groups excluding carboxylic acids is 2. The van der Waals surface area contributed by atoms with E-state index in [1.807, 2.05) is 12.1 Å². The predicted octanol–water partition coefficient (Wildman–Crippen LogP) is 1.43. The molecule has 0 atom stereocenters. The number of anilines is 1. The molecule has 0 aromatic heterocycles. The maximum Gasteiger partial charge on any atom is 0.221 e. The maximum absolute atomic E-state index is 11.2. The molecule has 1 heterocycles. The summed E-state index contributed by atoms with van der Waals surface area (Å²) in [6, 6.07) is 5.43. The molecule has 18 heavy (non-hydrogen) atoms. The smallest absolute Gasteiger partial charge is 0.221 e. The third-order valence-electron chi connectivity index (χ3n) is 2.62. The third kappa shape index (κ3) is 2.94. The molecule has 1 aliphatic heterocycles. The average Bonchev–Trinajstić information content (AvgIpc) is 2.82. The Hall–Kier alpha value is -1.72. The van der Waals surface area contributed by atoms with E-state index in [-0.39, 0.29) is 5.91 Å². The molecular weight excluding hydrogens is 234 g/mol. The topological polar surface area (TPSA) is 64.6 Å². The third-order valence-corrected chi connectivity index (χ3v) is 2.62. The van der Waals surface area contributed by atoms with Gasteiger partial charge in [-0.3, -0.25) is 4.79 Å². The van der Waals surface area contributed by atoms with Gasteiger partial charge >= 0.3 is 0 Å². The summed E-state index contributed by atoms with van der Waals surface area (Å²) in [6.07, 6.45) is 0.700. The van der Waals surface area contributed by atoms with Gasteiger partial charge in [0.1, 0.15) is 6.29 Å². The minimum atomic E-state index is -0.447. The van der Waals surface area contributed by atoms with Crippen LogP contribution < -0.4 is 5.32 Å². The van der Waals surface area contributed by atoms with Crippen LogP contribution in [0.5, 0.6) is 0 Å². The Morgan fingerprint density at radius 1 is 1.44 bits per heavy atom. The van der Waals surface area contributed by atoms with Crippen molar-refractivity contribution in [2.75, 3.05) is 18.5 Å². The van der Waals surface area contributed by atoms with Crippen LogP contribution in [0.2, 0.25) is 0 Å². The van der Waals surface area contributed by atoms with Crippen LogP contribution in [-0.4, -0.2) is 25.4 Å². The molecule has 1 amide bonds. The number of nitrogens with one attached hydrogen (secondary N) is 1. The largest absolute Gasteiger partial charge is 0.346 e. The van der Waals surface area contributed by atoms with E-state index >= 15 is 0 Å². The summed E-state index contributed by atoms with van der Waals surface area (Å²) in [6.45, 7) is 2.52. The Bertz CT molecular complexity index is 452. The van der Waals surface area contributed by atoms with E-state index in [0.29, 0.717) is 25.3 Å². The van der Waals surface area contributed by atoms with E-state index in [4.69, 9.17) is 9.47 Å². The van der Waals surface area contributed by atoms with E-state index in [2.05, 4.69) is 5.32 Å². The lowest BCUT2D eigenvalue weighted by Crippen LogP contribution is -2.11. The Labute approximate surface area is 105 Å². The van der Waals surface area contributed by atoms with Crippen molar-refractivity contribution in [1.29, 1.82) is 0 Å². The van der Waals surface area contributed by atoms with Crippen molar-refractivity contribution in [3.8, 4) is 0 Å². The number of carbonyl (C=O) groups is 2. The number of ether oxygens (including phenoxy) is 2. The van der Waals surface area contributed by atoms with Crippen molar-refractivity contribution < 1.29 is 19.1 Å². The second-order valence-corrected chi connectivity index (χ2v) is 4.05.